The van der Waals surface area contributed by atoms with Gasteiger partial charge in [0.15, 0.2) is 0 Å². The van der Waals surface area contributed by atoms with E-state index < -0.39 is 11.7 Å². The normalized spacial score (nSPS) is 34.7. The number of aromatic nitrogens is 1. The van der Waals surface area contributed by atoms with Gasteiger partial charge in [-0.25, -0.2) is 4.98 Å². The molecule has 2 aliphatic heterocycles. The molecule has 1 saturated carbocycles. The largest absolute Gasteiger partial charge is 0.416 e. The Labute approximate surface area is 150 Å². The van der Waals surface area contributed by atoms with Gasteiger partial charge in [0, 0.05) is 31.9 Å². The van der Waals surface area contributed by atoms with Gasteiger partial charge in [0.05, 0.1) is 17.0 Å². The first-order chi connectivity index (χ1) is 12.2. The molecule has 3 fully saturated rings. The van der Waals surface area contributed by atoms with E-state index in [1.807, 2.05) is 9.80 Å². The van der Waals surface area contributed by atoms with Crippen molar-refractivity contribution in [3.8, 4) is 0 Å². The molecule has 0 radical (unpaired) electrons. The minimum absolute atomic E-state index is 0.00195. The number of fused-ring (bicyclic) bond motifs is 1. The highest BCUT2D eigenvalue weighted by molar-refractivity contribution is 5.87. The molecule has 0 aromatic carbocycles. The second kappa shape index (κ2) is 5.84. The highest BCUT2D eigenvalue weighted by Gasteiger charge is 2.60. The Balaban J connectivity index is 1.58. The van der Waals surface area contributed by atoms with Gasteiger partial charge in [-0.2, -0.15) is 13.2 Å². The molecule has 2 N–H and O–H groups in total. The minimum atomic E-state index is -4.39. The molecule has 5 nitrogen and oxygen atoms in total. The fraction of sp³-hybridized carbons (Fsp3) is 0.667. The summed E-state index contributed by atoms with van der Waals surface area (Å²) in [4.78, 5) is 21.0. The van der Waals surface area contributed by atoms with Gasteiger partial charge in [-0.1, -0.05) is 6.92 Å². The van der Waals surface area contributed by atoms with Crippen LogP contribution in [0.15, 0.2) is 18.3 Å². The summed E-state index contributed by atoms with van der Waals surface area (Å²) in [6, 6.07) is 2.14. The fourth-order valence-corrected chi connectivity index (χ4v) is 5.04. The number of carbonyl (C=O) groups is 1. The third-order valence-corrected chi connectivity index (χ3v) is 6.54. The molecule has 3 heterocycles. The number of hydrogen-bond acceptors (Lipinski definition) is 4. The number of rotatable bonds is 1. The zero-order valence-electron chi connectivity index (χ0n) is 14.7. The number of piperazine rings is 1. The van der Waals surface area contributed by atoms with Crippen LogP contribution in [0.3, 0.4) is 0 Å². The first kappa shape index (κ1) is 17.6. The van der Waals surface area contributed by atoms with Crippen molar-refractivity contribution in [2.24, 2.45) is 17.1 Å². The summed E-state index contributed by atoms with van der Waals surface area (Å²) in [5.41, 5.74) is 5.00. The van der Waals surface area contributed by atoms with Gasteiger partial charge in [0.1, 0.15) is 5.82 Å². The molecule has 1 aliphatic carbocycles. The maximum atomic E-state index is 13.0. The van der Waals surface area contributed by atoms with Gasteiger partial charge in [-0.15, -0.1) is 0 Å². The predicted octanol–water partition coefficient (Wildman–Crippen LogP) is 2.26. The van der Waals surface area contributed by atoms with Crippen LogP contribution in [0.5, 0.6) is 0 Å². The molecule has 26 heavy (non-hydrogen) atoms. The lowest BCUT2D eigenvalue weighted by Crippen LogP contribution is -2.53. The molecule has 3 unspecified atom stereocenters. The Morgan fingerprint density at radius 2 is 2.12 bits per heavy atom. The molecule has 3 aliphatic rings. The third kappa shape index (κ3) is 2.57. The van der Waals surface area contributed by atoms with Crippen molar-refractivity contribution in [3.05, 3.63) is 23.9 Å². The molecule has 1 amide bonds. The summed E-state index contributed by atoms with van der Waals surface area (Å²) < 4.78 is 39.0. The summed E-state index contributed by atoms with van der Waals surface area (Å²) in [6.07, 6.45) is -0.814. The summed E-state index contributed by atoms with van der Waals surface area (Å²) in [5.74, 6) is 0.639. The van der Waals surface area contributed by atoms with E-state index in [9.17, 15) is 18.0 Å². The van der Waals surface area contributed by atoms with Crippen LogP contribution in [0.4, 0.5) is 19.0 Å². The van der Waals surface area contributed by atoms with Crippen LogP contribution in [0.1, 0.15) is 31.7 Å². The predicted molar refractivity (Wildman–Crippen MR) is 90.4 cm³/mol. The number of nitrogens with two attached hydrogens (primary N) is 1. The van der Waals surface area contributed by atoms with Gasteiger partial charge in [-0.05, 0) is 37.3 Å². The highest BCUT2D eigenvalue weighted by atomic mass is 19.4. The van der Waals surface area contributed by atoms with E-state index >= 15 is 0 Å². The molecular weight excluding hydrogens is 345 g/mol. The minimum Gasteiger partial charge on any atom is -0.353 e. The van der Waals surface area contributed by atoms with Crippen molar-refractivity contribution < 1.29 is 18.0 Å². The van der Waals surface area contributed by atoms with Gasteiger partial charge in [0.2, 0.25) is 5.91 Å². The van der Waals surface area contributed by atoms with Gasteiger partial charge < -0.3 is 15.5 Å². The van der Waals surface area contributed by atoms with Crippen molar-refractivity contribution >= 4 is 11.7 Å². The Bertz CT molecular complexity index is 725. The average molecular weight is 368 g/mol. The van der Waals surface area contributed by atoms with Gasteiger partial charge in [0.25, 0.3) is 0 Å². The molecule has 1 spiro atoms. The van der Waals surface area contributed by atoms with E-state index in [-0.39, 0.29) is 29.3 Å². The lowest BCUT2D eigenvalue weighted by atomic mass is 9.74. The number of alkyl halides is 3. The first-order valence-electron chi connectivity index (χ1n) is 9.07. The number of amides is 1. The summed E-state index contributed by atoms with van der Waals surface area (Å²) in [5, 5.41) is 0. The lowest BCUT2D eigenvalue weighted by Gasteiger charge is -2.39. The highest BCUT2D eigenvalue weighted by Crippen LogP contribution is 2.52. The molecule has 8 heteroatoms. The summed E-state index contributed by atoms with van der Waals surface area (Å²) in [7, 11) is 0. The molecule has 2 saturated heterocycles. The Morgan fingerprint density at radius 3 is 2.77 bits per heavy atom. The van der Waals surface area contributed by atoms with Crippen molar-refractivity contribution in [2.45, 2.75) is 44.4 Å². The zero-order chi connectivity index (χ0) is 18.7. The van der Waals surface area contributed by atoms with E-state index in [1.54, 1.807) is 0 Å². The second-order valence-electron chi connectivity index (χ2n) is 7.86. The fourth-order valence-electron chi connectivity index (χ4n) is 5.04. The lowest BCUT2D eigenvalue weighted by molar-refractivity contribution is -0.138. The monoisotopic (exact) mass is 368 g/mol. The van der Waals surface area contributed by atoms with Crippen LogP contribution < -0.4 is 10.6 Å². The topological polar surface area (TPSA) is 62.5 Å². The van der Waals surface area contributed by atoms with E-state index in [0.717, 1.165) is 25.0 Å². The SMILES string of the molecule is CC1C2CN(c3cc(C(F)(F)F)ccn3)CCN2C(=O)[C@]12CCC(N)C2. The molecule has 4 atom stereocenters. The van der Waals surface area contributed by atoms with Crippen molar-refractivity contribution in [1.29, 1.82) is 0 Å². The number of nitrogens with zero attached hydrogens (tertiary/aromatic N) is 3. The summed E-state index contributed by atoms with van der Waals surface area (Å²) in [6.45, 7) is 3.61. The Hall–Kier alpha value is -1.83. The van der Waals surface area contributed by atoms with Crippen molar-refractivity contribution in [1.82, 2.24) is 9.88 Å². The van der Waals surface area contributed by atoms with Gasteiger partial charge >= 0.3 is 6.18 Å². The number of anilines is 1. The van der Waals surface area contributed by atoms with E-state index in [2.05, 4.69) is 11.9 Å². The first-order valence-corrected chi connectivity index (χ1v) is 9.07. The van der Waals surface area contributed by atoms with Crippen molar-refractivity contribution in [2.75, 3.05) is 24.5 Å². The van der Waals surface area contributed by atoms with Gasteiger partial charge in [-0.3, -0.25) is 4.79 Å². The maximum absolute atomic E-state index is 13.0. The van der Waals surface area contributed by atoms with E-state index in [1.165, 1.54) is 6.20 Å². The molecular formula is C18H23F3N4O. The number of pyridine rings is 1. The molecule has 1 aromatic heterocycles. The molecule has 142 valence electrons. The average Bonchev–Trinajstić information content (AvgIpc) is 3.10. The van der Waals surface area contributed by atoms with Crippen LogP contribution in [0.25, 0.3) is 0 Å². The van der Waals surface area contributed by atoms with Crippen LogP contribution in [-0.4, -0.2) is 47.5 Å². The third-order valence-electron chi connectivity index (χ3n) is 6.54. The Kier molecular flexibility index (Phi) is 3.95. The van der Waals surface area contributed by atoms with Crippen LogP contribution in [0, 0.1) is 11.3 Å². The van der Waals surface area contributed by atoms with E-state index in [4.69, 9.17) is 5.73 Å². The smallest absolute Gasteiger partial charge is 0.353 e. The molecule has 4 rings (SSSR count). The standard InChI is InChI=1S/C18H23F3N4O/c1-11-14-10-24(15-8-12(3-5-23-15)18(19,20)21)6-7-25(14)16(26)17(11)4-2-13(22)9-17/h3,5,8,11,13-14H,2,4,6-7,9-10,22H2,1H3/t11?,13?,14?,17-/m0/s1. The molecule has 0 bridgehead atoms. The maximum Gasteiger partial charge on any atom is 0.416 e. The van der Waals surface area contributed by atoms with E-state index in [0.29, 0.717) is 31.9 Å². The number of halogens is 3. The summed E-state index contributed by atoms with van der Waals surface area (Å²) >= 11 is 0. The zero-order valence-corrected chi connectivity index (χ0v) is 14.7. The van der Waals surface area contributed by atoms with Crippen molar-refractivity contribution in [3.63, 3.8) is 0 Å². The Morgan fingerprint density at radius 1 is 1.35 bits per heavy atom. The number of carbonyl (C=O) groups excluding carboxylic acids is 1. The second-order valence-corrected chi connectivity index (χ2v) is 7.86. The van der Waals surface area contributed by atoms with Crippen LogP contribution >= 0.6 is 0 Å². The molecule has 1 aromatic rings. The quantitative estimate of drug-likeness (QED) is 0.826. The van der Waals surface area contributed by atoms with Crippen LogP contribution in [-0.2, 0) is 11.0 Å². The number of hydrogen-bond donors (Lipinski definition) is 1. The van der Waals surface area contributed by atoms with Crippen LogP contribution in [0.2, 0.25) is 0 Å².